The predicted octanol–water partition coefficient (Wildman–Crippen LogP) is 3.09. The summed E-state index contributed by atoms with van der Waals surface area (Å²) in [5.74, 6) is -1.05. The lowest BCUT2D eigenvalue weighted by Gasteiger charge is -2.26. The molecular formula is C17H22O4. The van der Waals surface area contributed by atoms with Gasteiger partial charge in [0.05, 0.1) is 5.92 Å². The van der Waals surface area contributed by atoms with E-state index in [0.717, 1.165) is 18.4 Å². The first-order valence-corrected chi connectivity index (χ1v) is 7.28. The van der Waals surface area contributed by atoms with E-state index < -0.39 is 12.1 Å². The summed E-state index contributed by atoms with van der Waals surface area (Å²) in [6.45, 7) is 9.27. The van der Waals surface area contributed by atoms with Crippen LogP contribution in [0.5, 0.6) is 0 Å². The van der Waals surface area contributed by atoms with E-state index in [1.807, 2.05) is 19.9 Å². The van der Waals surface area contributed by atoms with Crippen molar-refractivity contribution in [2.24, 2.45) is 5.92 Å². The van der Waals surface area contributed by atoms with Crippen LogP contribution in [0, 0.1) is 5.92 Å². The van der Waals surface area contributed by atoms with Crippen LogP contribution in [0.2, 0.25) is 0 Å². The zero-order valence-electron chi connectivity index (χ0n) is 12.8. The van der Waals surface area contributed by atoms with Crippen LogP contribution >= 0.6 is 0 Å². The van der Waals surface area contributed by atoms with Gasteiger partial charge in [-0.3, -0.25) is 4.79 Å². The number of hydrogen-bond acceptors (Lipinski definition) is 4. The van der Waals surface area contributed by atoms with Crippen LogP contribution in [0.1, 0.15) is 40.0 Å². The van der Waals surface area contributed by atoms with Gasteiger partial charge in [-0.2, -0.15) is 0 Å². The Morgan fingerprint density at radius 3 is 2.76 bits per heavy atom. The molecule has 3 atom stereocenters. The SMILES string of the molecule is C=C1C(=O)O[C@@H]2/C=C(/C)CC/C=C(/C)C[C@@H](OC(C)=O)[C@@H]12. The molecule has 1 fully saturated rings. The van der Waals surface area contributed by atoms with Crippen molar-refractivity contribution in [1.82, 2.24) is 0 Å². The van der Waals surface area contributed by atoms with Crippen molar-refractivity contribution >= 4 is 11.9 Å². The van der Waals surface area contributed by atoms with Crippen molar-refractivity contribution in [2.75, 3.05) is 0 Å². The molecular weight excluding hydrogens is 268 g/mol. The van der Waals surface area contributed by atoms with Gasteiger partial charge >= 0.3 is 11.9 Å². The third-order valence-corrected chi connectivity index (χ3v) is 3.98. The lowest BCUT2D eigenvalue weighted by molar-refractivity contribution is -0.149. The molecule has 2 rings (SSSR count). The Kier molecular flexibility index (Phi) is 4.66. The predicted molar refractivity (Wildman–Crippen MR) is 79.4 cm³/mol. The average molecular weight is 290 g/mol. The largest absolute Gasteiger partial charge is 0.461 e. The Labute approximate surface area is 125 Å². The maximum Gasteiger partial charge on any atom is 0.334 e. The number of rotatable bonds is 1. The molecule has 4 heteroatoms. The highest BCUT2D eigenvalue weighted by molar-refractivity contribution is 5.91. The average Bonchev–Trinajstić information content (AvgIpc) is 2.62. The molecule has 0 N–H and O–H groups in total. The van der Waals surface area contributed by atoms with Crippen molar-refractivity contribution in [3.05, 3.63) is 35.5 Å². The molecule has 1 aliphatic carbocycles. The second-order valence-corrected chi connectivity index (χ2v) is 5.88. The number of fused-ring (bicyclic) bond motifs is 1. The van der Waals surface area contributed by atoms with E-state index >= 15 is 0 Å². The van der Waals surface area contributed by atoms with Crippen LogP contribution in [-0.4, -0.2) is 24.1 Å². The summed E-state index contributed by atoms with van der Waals surface area (Å²) in [4.78, 5) is 23.2. The molecule has 0 spiro atoms. The van der Waals surface area contributed by atoms with E-state index in [0.29, 0.717) is 12.0 Å². The van der Waals surface area contributed by atoms with Crippen molar-refractivity contribution in [1.29, 1.82) is 0 Å². The summed E-state index contributed by atoms with van der Waals surface area (Å²) in [5, 5.41) is 0. The molecule has 1 heterocycles. The third kappa shape index (κ3) is 3.63. The molecule has 0 aromatic heterocycles. The number of hydrogen-bond donors (Lipinski definition) is 0. The summed E-state index contributed by atoms with van der Waals surface area (Å²) in [7, 11) is 0. The van der Waals surface area contributed by atoms with E-state index in [-0.39, 0.29) is 18.0 Å². The molecule has 0 amide bonds. The van der Waals surface area contributed by atoms with Crippen molar-refractivity contribution in [3.63, 3.8) is 0 Å². The minimum Gasteiger partial charge on any atom is -0.461 e. The van der Waals surface area contributed by atoms with Crippen LogP contribution in [0.15, 0.2) is 35.5 Å². The second kappa shape index (κ2) is 6.29. The zero-order chi connectivity index (χ0) is 15.6. The first-order chi connectivity index (χ1) is 9.88. The molecule has 0 bridgehead atoms. The van der Waals surface area contributed by atoms with Gasteiger partial charge in [0, 0.05) is 18.9 Å². The smallest absolute Gasteiger partial charge is 0.334 e. The highest BCUT2D eigenvalue weighted by atomic mass is 16.6. The molecule has 1 saturated heterocycles. The quantitative estimate of drug-likeness (QED) is 0.423. The van der Waals surface area contributed by atoms with Gasteiger partial charge < -0.3 is 9.47 Å². The Bertz CT molecular complexity index is 527. The fourth-order valence-electron chi connectivity index (χ4n) is 2.95. The first kappa shape index (κ1) is 15.5. The van der Waals surface area contributed by atoms with E-state index in [1.54, 1.807) is 0 Å². The van der Waals surface area contributed by atoms with Crippen molar-refractivity contribution < 1.29 is 19.1 Å². The lowest BCUT2D eigenvalue weighted by atomic mass is 9.85. The van der Waals surface area contributed by atoms with Gasteiger partial charge in [0.2, 0.25) is 0 Å². The van der Waals surface area contributed by atoms with Gasteiger partial charge in [-0.25, -0.2) is 4.79 Å². The van der Waals surface area contributed by atoms with Gasteiger partial charge in [-0.1, -0.05) is 23.8 Å². The topological polar surface area (TPSA) is 52.6 Å². The molecule has 114 valence electrons. The van der Waals surface area contributed by atoms with Gasteiger partial charge in [-0.05, 0) is 32.8 Å². The molecule has 0 unspecified atom stereocenters. The van der Waals surface area contributed by atoms with Crippen LogP contribution in [-0.2, 0) is 19.1 Å². The Morgan fingerprint density at radius 1 is 1.38 bits per heavy atom. The second-order valence-electron chi connectivity index (χ2n) is 5.88. The van der Waals surface area contributed by atoms with E-state index in [9.17, 15) is 9.59 Å². The minimum absolute atomic E-state index is 0.308. The first-order valence-electron chi connectivity index (χ1n) is 7.28. The number of esters is 2. The fraction of sp³-hybridized carbons (Fsp3) is 0.529. The number of carbonyl (C=O) groups is 2. The molecule has 0 aromatic rings. The van der Waals surface area contributed by atoms with Crippen LogP contribution in [0.25, 0.3) is 0 Å². The Hall–Kier alpha value is -1.84. The third-order valence-electron chi connectivity index (χ3n) is 3.98. The molecule has 0 aromatic carbocycles. The van der Waals surface area contributed by atoms with E-state index in [2.05, 4.69) is 12.7 Å². The van der Waals surface area contributed by atoms with Gasteiger partial charge in [0.1, 0.15) is 12.2 Å². The maximum absolute atomic E-state index is 11.9. The summed E-state index contributed by atoms with van der Waals surface area (Å²) in [6.07, 6.45) is 5.80. The Balaban J connectivity index is 2.39. The molecule has 21 heavy (non-hydrogen) atoms. The summed E-state index contributed by atoms with van der Waals surface area (Å²) in [5.41, 5.74) is 2.71. The molecule has 4 nitrogen and oxygen atoms in total. The summed E-state index contributed by atoms with van der Waals surface area (Å²) in [6, 6.07) is 0. The monoisotopic (exact) mass is 290 g/mol. The van der Waals surface area contributed by atoms with Gasteiger partial charge in [0.25, 0.3) is 0 Å². The minimum atomic E-state index is -0.412. The molecule has 2 aliphatic rings. The summed E-state index contributed by atoms with van der Waals surface area (Å²) < 4.78 is 10.9. The van der Waals surface area contributed by atoms with E-state index in [1.165, 1.54) is 12.5 Å². The standard InChI is InChI=1S/C17H22O4/c1-10-6-5-7-11(2)9-15-16(12(3)17(19)21-15)14(8-10)20-13(4)18/h6,9,14-16H,3,5,7-8H2,1-2,4H3/b10-6-,11-9-/t14-,15-,16-/m1/s1. The maximum atomic E-state index is 11.9. The van der Waals surface area contributed by atoms with Gasteiger partial charge in [-0.15, -0.1) is 0 Å². The highest BCUT2D eigenvalue weighted by Gasteiger charge is 2.44. The summed E-state index contributed by atoms with van der Waals surface area (Å²) >= 11 is 0. The molecule has 0 saturated carbocycles. The fourth-order valence-corrected chi connectivity index (χ4v) is 2.95. The zero-order valence-corrected chi connectivity index (χ0v) is 12.8. The molecule has 0 radical (unpaired) electrons. The van der Waals surface area contributed by atoms with Crippen LogP contribution in [0.3, 0.4) is 0 Å². The van der Waals surface area contributed by atoms with E-state index in [4.69, 9.17) is 9.47 Å². The number of carbonyl (C=O) groups excluding carboxylic acids is 2. The normalized spacial score (nSPS) is 34.9. The Morgan fingerprint density at radius 2 is 2.10 bits per heavy atom. The number of ether oxygens (including phenoxy) is 2. The highest BCUT2D eigenvalue weighted by Crippen LogP contribution is 2.36. The van der Waals surface area contributed by atoms with Crippen molar-refractivity contribution in [2.45, 2.75) is 52.2 Å². The molecule has 1 aliphatic heterocycles. The number of allylic oxidation sites excluding steroid dienone is 2. The van der Waals surface area contributed by atoms with Crippen molar-refractivity contribution in [3.8, 4) is 0 Å². The van der Waals surface area contributed by atoms with Crippen LogP contribution < -0.4 is 0 Å². The van der Waals surface area contributed by atoms with Crippen LogP contribution in [0.4, 0.5) is 0 Å². The lowest BCUT2D eigenvalue weighted by Crippen LogP contribution is -2.32. The van der Waals surface area contributed by atoms with Gasteiger partial charge in [0.15, 0.2) is 0 Å².